The number of sulfonamides is 2. The van der Waals surface area contributed by atoms with Gasteiger partial charge in [0.05, 0.1) is 23.9 Å². The number of rotatable bonds is 8. The van der Waals surface area contributed by atoms with E-state index in [1.165, 1.54) is 19.2 Å². The molecule has 3 N–H and O–H groups in total. The van der Waals surface area contributed by atoms with Crippen LogP contribution in [0.4, 0.5) is 0 Å². The first kappa shape index (κ1) is 24.9. The highest BCUT2D eigenvalue weighted by Gasteiger charge is 2.65. The van der Waals surface area contributed by atoms with Crippen molar-refractivity contribution in [1.29, 1.82) is 0 Å². The second-order valence-corrected chi connectivity index (χ2v) is 14.0. The first-order valence-electron chi connectivity index (χ1n) is 11.7. The molecule has 5 atom stereocenters. The van der Waals surface area contributed by atoms with Gasteiger partial charge in [-0.15, -0.1) is 0 Å². The van der Waals surface area contributed by atoms with Gasteiger partial charge in [0.15, 0.2) is 0 Å². The lowest BCUT2D eigenvalue weighted by Crippen LogP contribution is -2.55. The SMILES string of the molecule is COc1ccc(S(=O)(=O)N[C@H]2CCCC[C@@H]2NS(=O)(=O)C[C@]23CC[C@H](C[C@H]2O)C3(C)C)cc1. The van der Waals surface area contributed by atoms with Crippen molar-refractivity contribution in [3.8, 4) is 5.75 Å². The molecule has 0 radical (unpaired) electrons. The fourth-order valence-corrected chi connectivity index (χ4v) is 9.95. The Labute approximate surface area is 197 Å². The van der Waals surface area contributed by atoms with Gasteiger partial charge in [0.2, 0.25) is 20.0 Å². The van der Waals surface area contributed by atoms with Crippen molar-refractivity contribution < 1.29 is 26.7 Å². The van der Waals surface area contributed by atoms with Gasteiger partial charge in [-0.3, -0.25) is 0 Å². The molecule has 3 fully saturated rings. The molecule has 1 aromatic rings. The smallest absolute Gasteiger partial charge is 0.240 e. The molecule has 4 rings (SSSR count). The van der Waals surface area contributed by atoms with Crippen molar-refractivity contribution >= 4 is 20.0 Å². The maximum Gasteiger partial charge on any atom is 0.240 e. The molecule has 8 nitrogen and oxygen atoms in total. The van der Waals surface area contributed by atoms with E-state index >= 15 is 0 Å². The van der Waals surface area contributed by atoms with E-state index in [9.17, 15) is 21.9 Å². The Hall–Kier alpha value is -1.20. The second kappa shape index (κ2) is 8.78. The normalized spacial score (nSPS) is 33.8. The van der Waals surface area contributed by atoms with E-state index in [0.717, 1.165) is 19.3 Å². The van der Waals surface area contributed by atoms with Crippen LogP contribution in [0.25, 0.3) is 0 Å². The molecular formula is C23H36N2O6S2. The van der Waals surface area contributed by atoms with E-state index in [-0.39, 0.29) is 16.1 Å². The van der Waals surface area contributed by atoms with E-state index in [1.807, 2.05) is 0 Å². The molecule has 0 heterocycles. The maximum absolute atomic E-state index is 13.3. The minimum atomic E-state index is -3.81. The second-order valence-electron chi connectivity index (χ2n) is 10.5. The number of aliphatic hydroxyl groups excluding tert-OH is 1. The van der Waals surface area contributed by atoms with Crippen LogP contribution in [-0.2, 0) is 20.0 Å². The van der Waals surface area contributed by atoms with E-state index < -0.39 is 43.6 Å². The quantitative estimate of drug-likeness (QED) is 0.504. The van der Waals surface area contributed by atoms with Crippen molar-refractivity contribution in [1.82, 2.24) is 9.44 Å². The molecule has 0 aromatic heterocycles. The molecule has 1 aromatic carbocycles. The molecule has 3 aliphatic rings. The van der Waals surface area contributed by atoms with Crippen LogP contribution in [-0.4, -0.2) is 53.0 Å². The van der Waals surface area contributed by atoms with Crippen molar-refractivity contribution in [3.05, 3.63) is 24.3 Å². The van der Waals surface area contributed by atoms with Gasteiger partial charge in [-0.05, 0) is 67.7 Å². The number of aliphatic hydroxyl groups is 1. The molecule has 2 bridgehead atoms. The predicted molar refractivity (Wildman–Crippen MR) is 126 cm³/mol. The predicted octanol–water partition coefficient (Wildman–Crippen LogP) is 2.39. The molecular weight excluding hydrogens is 464 g/mol. The highest BCUT2D eigenvalue weighted by Crippen LogP contribution is 2.66. The van der Waals surface area contributed by atoms with Gasteiger partial charge in [0, 0.05) is 17.5 Å². The molecule has 33 heavy (non-hydrogen) atoms. The Morgan fingerprint density at radius 2 is 1.61 bits per heavy atom. The van der Waals surface area contributed by atoms with Crippen LogP contribution in [0, 0.1) is 16.7 Å². The van der Waals surface area contributed by atoms with Gasteiger partial charge in [-0.25, -0.2) is 26.3 Å². The Bertz CT molecular complexity index is 1070. The Morgan fingerprint density at radius 3 is 2.12 bits per heavy atom. The van der Waals surface area contributed by atoms with Crippen LogP contribution in [0.1, 0.15) is 58.8 Å². The van der Waals surface area contributed by atoms with Crippen LogP contribution in [0.3, 0.4) is 0 Å². The van der Waals surface area contributed by atoms with Crippen molar-refractivity contribution in [2.75, 3.05) is 12.9 Å². The van der Waals surface area contributed by atoms with Gasteiger partial charge in [0.1, 0.15) is 5.75 Å². The van der Waals surface area contributed by atoms with Crippen LogP contribution in [0.2, 0.25) is 0 Å². The topological polar surface area (TPSA) is 122 Å². The van der Waals surface area contributed by atoms with E-state index in [0.29, 0.717) is 37.4 Å². The summed E-state index contributed by atoms with van der Waals surface area (Å²) in [4.78, 5) is 0.113. The number of benzene rings is 1. The fourth-order valence-electron chi connectivity index (χ4n) is 6.43. The third-order valence-corrected chi connectivity index (χ3v) is 11.7. The lowest BCUT2D eigenvalue weighted by molar-refractivity contribution is 0.0151. The van der Waals surface area contributed by atoms with E-state index in [2.05, 4.69) is 23.3 Å². The van der Waals surface area contributed by atoms with Crippen molar-refractivity contribution in [2.45, 2.75) is 81.9 Å². The third kappa shape index (κ3) is 4.57. The summed E-state index contributed by atoms with van der Waals surface area (Å²) >= 11 is 0. The van der Waals surface area contributed by atoms with Crippen LogP contribution in [0.5, 0.6) is 5.75 Å². The minimum absolute atomic E-state index is 0.113. The third-order valence-electron chi connectivity index (χ3n) is 8.61. The average Bonchev–Trinajstić information content (AvgIpc) is 3.09. The van der Waals surface area contributed by atoms with Gasteiger partial charge < -0.3 is 9.84 Å². The zero-order chi connectivity index (χ0) is 24.1. The Kier molecular flexibility index (Phi) is 6.63. The number of ether oxygens (including phenoxy) is 1. The first-order chi connectivity index (χ1) is 15.4. The fraction of sp³-hybridized carbons (Fsp3) is 0.739. The summed E-state index contributed by atoms with van der Waals surface area (Å²) < 4.78 is 63.2. The number of hydrogen-bond acceptors (Lipinski definition) is 6. The average molecular weight is 501 g/mol. The molecule has 10 heteroatoms. The van der Waals surface area contributed by atoms with Crippen molar-refractivity contribution in [2.24, 2.45) is 16.7 Å². The first-order valence-corrected chi connectivity index (χ1v) is 14.9. The van der Waals surface area contributed by atoms with Crippen LogP contribution >= 0.6 is 0 Å². The number of fused-ring (bicyclic) bond motifs is 2. The van der Waals surface area contributed by atoms with Gasteiger partial charge in [0.25, 0.3) is 0 Å². The number of methoxy groups -OCH3 is 1. The summed E-state index contributed by atoms with van der Waals surface area (Å²) in [5.41, 5.74) is -0.903. The highest BCUT2D eigenvalue weighted by atomic mass is 32.2. The molecule has 0 saturated heterocycles. The van der Waals surface area contributed by atoms with Crippen LogP contribution < -0.4 is 14.2 Å². The Balaban J connectivity index is 1.49. The Morgan fingerprint density at radius 1 is 1.00 bits per heavy atom. The monoisotopic (exact) mass is 500 g/mol. The maximum atomic E-state index is 13.3. The molecule has 0 unspecified atom stereocenters. The summed E-state index contributed by atoms with van der Waals surface area (Å²) in [6.45, 7) is 4.14. The standard InChI is InChI=1S/C23H36N2O6S2/c1-22(2)16-12-13-23(22,21(26)14-16)15-32(27,28)24-19-6-4-5-7-20(19)25-33(29,30)18-10-8-17(31-3)9-11-18/h8-11,16,19-21,24-26H,4-7,12-15H2,1-3H3/t16-,19+,20+,21-,23-/m1/s1. The molecule has 3 saturated carbocycles. The largest absolute Gasteiger partial charge is 0.497 e. The van der Waals surface area contributed by atoms with Gasteiger partial charge in [-0.2, -0.15) is 0 Å². The van der Waals surface area contributed by atoms with E-state index in [4.69, 9.17) is 4.74 Å². The number of hydrogen-bond donors (Lipinski definition) is 3. The zero-order valence-electron chi connectivity index (χ0n) is 19.6. The van der Waals surface area contributed by atoms with Crippen LogP contribution in [0.15, 0.2) is 29.2 Å². The summed E-state index contributed by atoms with van der Waals surface area (Å²) in [5.74, 6) is 0.767. The zero-order valence-corrected chi connectivity index (χ0v) is 21.2. The molecule has 0 aliphatic heterocycles. The van der Waals surface area contributed by atoms with Crippen molar-refractivity contribution in [3.63, 3.8) is 0 Å². The van der Waals surface area contributed by atoms with E-state index in [1.54, 1.807) is 12.1 Å². The molecule has 0 amide bonds. The summed E-state index contributed by atoms with van der Waals surface area (Å²) in [5, 5.41) is 10.8. The summed E-state index contributed by atoms with van der Waals surface area (Å²) in [6, 6.07) is 5.06. The molecule has 0 spiro atoms. The summed E-state index contributed by atoms with van der Waals surface area (Å²) in [6.07, 6.45) is 4.44. The number of nitrogens with one attached hydrogen (secondary N) is 2. The van der Waals surface area contributed by atoms with Gasteiger partial charge >= 0.3 is 0 Å². The highest BCUT2D eigenvalue weighted by molar-refractivity contribution is 7.89. The summed E-state index contributed by atoms with van der Waals surface area (Å²) in [7, 11) is -6.04. The molecule has 3 aliphatic carbocycles. The minimum Gasteiger partial charge on any atom is -0.497 e. The lowest BCUT2D eigenvalue weighted by atomic mass is 9.70. The molecule has 186 valence electrons. The van der Waals surface area contributed by atoms with Gasteiger partial charge in [-0.1, -0.05) is 26.7 Å². The lowest BCUT2D eigenvalue weighted by Gasteiger charge is -2.41.